The largest absolute Gasteiger partial charge is 0.496 e. The molecule has 0 bridgehead atoms. The van der Waals surface area contributed by atoms with Crippen molar-refractivity contribution in [1.29, 1.82) is 0 Å². The number of likely N-dealkylation sites (N-methyl/N-ethyl adjacent to an activating group) is 1. The third-order valence-corrected chi connectivity index (χ3v) is 7.46. The molecule has 32 heavy (non-hydrogen) atoms. The number of ether oxygens (including phenoxy) is 1. The van der Waals surface area contributed by atoms with E-state index in [1.807, 2.05) is 43.3 Å². The molecular weight excluding hydrogens is 418 g/mol. The molecule has 2 aliphatic heterocycles. The van der Waals surface area contributed by atoms with Gasteiger partial charge in [0.25, 0.3) is 5.91 Å². The van der Waals surface area contributed by atoms with Crippen LogP contribution in [-0.2, 0) is 4.79 Å². The highest BCUT2D eigenvalue weighted by molar-refractivity contribution is 8.18. The molecule has 2 heterocycles. The van der Waals surface area contributed by atoms with E-state index in [1.54, 1.807) is 12.0 Å². The molecule has 0 aromatic heterocycles. The highest BCUT2D eigenvalue weighted by atomic mass is 32.2. The van der Waals surface area contributed by atoms with E-state index in [0.29, 0.717) is 22.5 Å². The SMILES string of the molecule is CCN1C(=O)/C(=C\c2cc3c(cc2OC)N(C)C(C)(C)CC3C)SC1=Nc1ccccc1. The monoisotopic (exact) mass is 449 g/mol. The number of benzene rings is 2. The van der Waals surface area contributed by atoms with E-state index in [2.05, 4.69) is 44.9 Å². The molecule has 0 spiro atoms. The van der Waals surface area contributed by atoms with Gasteiger partial charge in [0.1, 0.15) is 5.75 Å². The van der Waals surface area contributed by atoms with Crippen molar-refractivity contribution in [1.82, 2.24) is 4.90 Å². The summed E-state index contributed by atoms with van der Waals surface area (Å²) >= 11 is 1.42. The van der Waals surface area contributed by atoms with Gasteiger partial charge in [0.15, 0.2) is 5.17 Å². The average molecular weight is 450 g/mol. The number of thioether (sulfide) groups is 1. The minimum atomic E-state index is -0.0155. The number of aliphatic imine (C=N–C) groups is 1. The van der Waals surface area contributed by atoms with E-state index in [1.165, 1.54) is 23.0 Å². The summed E-state index contributed by atoms with van der Waals surface area (Å²) in [5, 5.41) is 0.710. The third-order valence-electron chi connectivity index (χ3n) is 6.46. The summed E-state index contributed by atoms with van der Waals surface area (Å²) in [7, 11) is 3.83. The van der Waals surface area contributed by atoms with Crippen LogP contribution in [0.2, 0.25) is 0 Å². The van der Waals surface area contributed by atoms with Crippen LogP contribution in [0.3, 0.4) is 0 Å². The van der Waals surface area contributed by atoms with E-state index < -0.39 is 0 Å². The number of amidine groups is 1. The summed E-state index contributed by atoms with van der Waals surface area (Å²) in [6.07, 6.45) is 3.03. The summed E-state index contributed by atoms with van der Waals surface area (Å²) in [4.78, 5) is 22.6. The van der Waals surface area contributed by atoms with Crippen LogP contribution in [-0.4, -0.2) is 42.2 Å². The highest BCUT2D eigenvalue weighted by Crippen LogP contribution is 2.46. The molecule has 1 fully saturated rings. The van der Waals surface area contributed by atoms with Gasteiger partial charge in [-0.2, -0.15) is 0 Å². The van der Waals surface area contributed by atoms with Crippen molar-refractivity contribution in [3.63, 3.8) is 0 Å². The molecule has 0 aliphatic carbocycles. The zero-order valence-electron chi connectivity index (χ0n) is 19.7. The average Bonchev–Trinajstić information content (AvgIpc) is 3.06. The lowest BCUT2D eigenvalue weighted by molar-refractivity contribution is -0.122. The van der Waals surface area contributed by atoms with Gasteiger partial charge in [-0.05, 0) is 74.7 Å². The minimum absolute atomic E-state index is 0.0155. The zero-order valence-corrected chi connectivity index (χ0v) is 20.5. The molecule has 2 aromatic carbocycles. The number of rotatable bonds is 4. The first kappa shape index (κ1) is 22.5. The first-order valence-electron chi connectivity index (χ1n) is 11.1. The van der Waals surface area contributed by atoms with Crippen LogP contribution in [0.1, 0.15) is 51.2 Å². The van der Waals surface area contributed by atoms with Gasteiger partial charge in [-0.3, -0.25) is 9.69 Å². The Morgan fingerprint density at radius 2 is 1.97 bits per heavy atom. The van der Waals surface area contributed by atoms with Crippen molar-refractivity contribution in [2.75, 3.05) is 25.6 Å². The first-order valence-corrected chi connectivity index (χ1v) is 11.9. The predicted octanol–water partition coefficient (Wildman–Crippen LogP) is 6.04. The summed E-state index contributed by atoms with van der Waals surface area (Å²) in [6, 6.07) is 14.0. The van der Waals surface area contributed by atoms with Crippen LogP contribution >= 0.6 is 11.8 Å². The van der Waals surface area contributed by atoms with Crippen LogP contribution in [0.25, 0.3) is 6.08 Å². The molecule has 0 N–H and O–H groups in total. The molecule has 168 valence electrons. The van der Waals surface area contributed by atoms with Crippen LogP contribution in [0.15, 0.2) is 52.4 Å². The minimum Gasteiger partial charge on any atom is -0.496 e. The predicted molar refractivity (Wildman–Crippen MR) is 135 cm³/mol. The summed E-state index contributed by atoms with van der Waals surface area (Å²) < 4.78 is 5.75. The maximum Gasteiger partial charge on any atom is 0.266 e. The fourth-order valence-corrected chi connectivity index (χ4v) is 5.58. The van der Waals surface area contributed by atoms with Gasteiger partial charge in [0, 0.05) is 36.4 Å². The van der Waals surface area contributed by atoms with E-state index in [-0.39, 0.29) is 11.4 Å². The van der Waals surface area contributed by atoms with Crippen molar-refractivity contribution >= 4 is 40.3 Å². The second-order valence-electron chi connectivity index (χ2n) is 9.02. The molecule has 1 atom stereocenters. The second-order valence-corrected chi connectivity index (χ2v) is 10.0. The Bertz CT molecular complexity index is 1090. The number of carbonyl (C=O) groups excluding carboxylic acids is 1. The van der Waals surface area contributed by atoms with E-state index in [4.69, 9.17) is 9.73 Å². The lowest BCUT2D eigenvalue weighted by Gasteiger charge is -2.45. The molecule has 2 aliphatic rings. The van der Waals surface area contributed by atoms with Crippen molar-refractivity contribution in [3.05, 3.63) is 58.5 Å². The summed E-state index contributed by atoms with van der Waals surface area (Å²) in [5.41, 5.74) is 4.34. The third kappa shape index (κ3) is 4.04. The second kappa shape index (κ2) is 8.66. The van der Waals surface area contributed by atoms with Gasteiger partial charge >= 0.3 is 0 Å². The molecular formula is C26H31N3O2S. The Hall–Kier alpha value is -2.73. The number of para-hydroxylation sites is 1. The Morgan fingerprint density at radius 3 is 2.62 bits per heavy atom. The van der Waals surface area contributed by atoms with Crippen LogP contribution < -0.4 is 9.64 Å². The van der Waals surface area contributed by atoms with E-state index in [0.717, 1.165) is 23.4 Å². The van der Waals surface area contributed by atoms with Gasteiger partial charge in [-0.1, -0.05) is 25.1 Å². The standard InChI is InChI=1S/C26H31N3O2S/c1-7-29-24(30)23(32-25(29)27-19-11-9-8-10-12-19)14-18-13-20-17(2)16-26(3,4)28(5)21(20)15-22(18)31-6/h8-15,17H,7,16H2,1-6H3/b23-14+,27-25?. The van der Waals surface area contributed by atoms with Crippen molar-refractivity contribution in [2.24, 2.45) is 4.99 Å². The van der Waals surface area contributed by atoms with Crippen molar-refractivity contribution in [2.45, 2.75) is 45.6 Å². The number of amides is 1. The number of fused-ring (bicyclic) bond motifs is 1. The van der Waals surface area contributed by atoms with Crippen LogP contribution in [0.4, 0.5) is 11.4 Å². The maximum atomic E-state index is 13.1. The van der Waals surface area contributed by atoms with Gasteiger partial charge < -0.3 is 9.64 Å². The molecule has 1 saturated heterocycles. The maximum absolute atomic E-state index is 13.1. The van der Waals surface area contributed by atoms with E-state index in [9.17, 15) is 4.79 Å². The normalized spacial score (nSPS) is 22.6. The Balaban J connectivity index is 1.74. The fraction of sp³-hybridized carbons (Fsp3) is 0.385. The Kier molecular flexibility index (Phi) is 6.08. The molecule has 0 saturated carbocycles. The Morgan fingerprint density at radius 1 is 1.25 bits per heavy atom. The zero-order chi connectivity index (χ0) is 23.0. The highest BCUT2D eigenvalue weighted by Gasteiger charge is 2.36. The number of carbonyl (C=O) groups is 1. The molecule has 2 aromatic rings. The molecule has 0 radical (unpaired) electrons. The quantitative estimate of drug-likeness (QED) is 0.534. The lowest BCUT2D eigenvalue weighted by Crippen LogP contribution is -2.45. The fourth-order valence-electron chi connectivity index (χ4n) is 4.52. The molecule has 4 rings (SSSR count). The van der Waals surface area contributed by atoms with E-state index >= 15 is 0 Å². The number of methoxy groups -OCH3 is 1. The number of anilines is 1. The number of hydrogen-bond acceptors (Lipinski definition) is 5. The smallest absolute Gasteiger partial charge is 0.266 e. The van der Waals surface area contributed by atoms with Gasteiger partial charge in [0.2, 0.25) is 0 Å². The van der Waals surface area contributed by atoms with Crippen LogP contribution in [0, 0.1) is 0 Å². The number of hydrogen-bond donors (Lipinski definition) is 0. The van der Waals surface area contributed by atoms with Crippen molar-refractivity contribution in [3.8, 4) is 5.75 Å². The van der Waals surface area contributed by atoms with Gasteiger partial charge in [-0.15, -0.1) is 0 Å². The topological polar surface area (TPSA) is 45.1 Å². The van der Waals surface area contributed by atoms with Gasteiger partial charge in [0.05, 0.1) is 17.7 Å². The molecule has 5 nitrogen and oxygen atoms in total. The lowest BCUT2D eigenvalue weighted by atomic mass is 9.80. The summed E-state index contributed by atoms with van der Waals surface area (Å²) in [5.74, 6) is 1.18. The summed E-state index contributed by atoms with van der Waals surface area (Å²) in [6.45, 7) is 9.37. The van der Waals surface area contributed by atoms with Crippen LogP contribution in [0.5, 0.6) is 5.75 Å². The molecule has 1 unspecified atom stereocenters. The van der Waals surface area contributed by atoms with Crippen molar-refractivity contribution < 1.29 is 9.53 Å². The molecule has 6 heteroatoms. The number of nitrogens with zero attached hydrogens (tertiary/aromatic N) is 3. The first-order chi connectivity index (χ1) is 15.2. The van der Waals surface area contributed by atoms with Gasteiger partial charge in [-0.25, -0.2) is 4.99 Å². The molecule has 1 amide bonds. The Labute approximate surface area is 195 Å².